The topological polar surface area (TPSA) is 35.9 Å². The number of hydrogen-bond donors (Lipinski definition) is 1. The number of aliphatic hydroxyl groups is 1. The predicted octanol–water partition coefficient (Wildman–Crippen LogP) is 1.12. The number of β-amino-alcohol motifs (C(OH)–C–C–N with tert-alkyl or cyclic N) is 1. The molecule has 0 spiro atoms. The van der Waals surface area contributed by atoms with Crippen LogP contribution in [0.15, 0.2) is 24.3 Å². The van der Waals surface area contributed by atoms with Crippen molar-refractivity contribution in [1.29, 1.82) is 0 Å². The zero-order valence-electron chi connectivity index (χ0n) is 11.9. The Bertz CT molecular complexity index is 389. The lowest BCUT2D eigenvalue weighted by atomic mass is 10.2. The van der Waals surface area contributed by atoms with Gasteiger partial charge in [0, 0.05) is 45.5 Å². The molecule has 19 heavy (non-hydrogen) atoms. The molecular weight excluding hydrogens is 240 g/mol. The molecule has 1 fully saturated rings. The van der Waals surface area contributed by atoms with Crippen LogP contribution in [0.25, 0.3) is 0 Å². The summed E-state index contributed by atoms with van der Waals surface area (Å²) in [5, 5.41) is 9.74. The fraction of sp³-hybridized carbons (Fsp3) is 0.600. The molecule has 0 radical (unpaired) electrons. The van der Waals surface area contributed by atoms with Gasteiger partial charge in [-0.25, -0.2) is 0 Å². The van der Waals surface area contributed by atoms with Crippen LogP contribution in [-0.4, -0.2) is 62.6 Å². The molecule has 0 unspecified atom stereocenters. The Labute approximate surface area is 115 Å². The molecule has 4 nitrogen and oxygen atoms in total. The molecule has 1 aromatic rings. The van der Waals surface area contributed by atoms with E-state index in [1.54, 1.807) is 7.11 Å². The first-order valence-corrected chi connectivity index (χ1v) is 6.90. The number of benzene rings is 1. The van der Waals surface area contributed by atoms with Gasteiger partial charge in [0.05, 0.1) is 12.7 Å². The van der Waals surface area contributed by atoms with Crippen molar-refractivity contribution in [3.05, 3.63) is 29.8 Å². The van der Waals surface area contributed by atoms with Crippen molar-refractivity contribution >= 4 is 5.69 Å². The number of aryl methyl sites for hydroxylation is 1. The van der Waals surface area contributed by atoms with Gasteiger partial charge in [-0.3, -0.25) is 4.90 Å². The third kappa shape index (κ3) is 4.20. The summed E-state index contributed by atoms with van der Waals surface area (Å²) in [5.41, 5.74) is 2.60. The van der Waals surface area contributed by atoms with Crippen LogP contribution in [0, 0.1) is 6.92 Å². The maximum absolute atomic E-state index is 9.74. The van der Waals surface area contributed by atoms with Crippen molar-refractivity contribution < 1.29 is 9.84 Å². The molecule has 106 valence electrons. The molecule has 1 atom stereocenters. The first-order chi connectivity index (χ1) is 9.19. The number of methoxy groups -OCH3 is 1. The Balaban J connectivity index is 1.82. The van der Waals surface area contributed by atoms with E-state index in [0.29, 0.717) is 13.2 Å². The molecule has 0 aliphatic carbocycles. The Hall–Kier alpha value is -1.10. The van der Waals surface area contributed by atoms with E-state index in [-0.39, 0.29) is 6.10 Å². The van der Waals surface area contributed by atoms with Gasteiger partial charge < -0.3 is 14.7 Å². The van der Waals surface area contributed by atoms with E-state index < -0.39 is 0 Å². The monoisotopic (exact) mass is 264 g/mol. The second-order valence-electron chi connectivity index (χ2n) is 5.24. The molecule has 0 bridgehead atoms. The summed E-state index contributed by atoms with van der Waals surface area (Å²) in [6.45, 7) is 7.27. The third-order valence-electron chi connectivity index (χ3n) is 3.57. The minimum Gasteiger partial charge on any atom is -0.389 e. The third-order valence-corrected chi connectivity index (χ3v) is 3.57. The van der Waals surface area contributed by atoms with Crippen LogP contribution in [0.4, 0.5) is 5.69 Å². The average molecular weight is 264 g/mol. The highest BCUT2D eigenvalue weighted by atomic mass is 16.5. The van der Waals surface area contributed by atoms with Gasteiger partial charge in [0.1, 0.15) is 0 Å². The second-order valence-corrected chi connectivity index (χ2v) is 5.24. The maximum atomic E-state index is 9.74. The molecule has 1 N–H and O–H groups in total. The van der Waals surface area contributed by atoms with Crippen LogP contribution in [-0.2, 0) is 4.74 Å². The Kier molecular flexibility index (Phi) is 5.19. The van der Waals surface area contributed by atoms with Crippen LogP contribution in [0.1, 0.15) is 5.56 Å². The molecule has 2 rings (SSSR count). The molecule has 0 aromatic heterocycles. The fourth-order valence-electron chi connectivity index (χ4n) is 2.56. The summed E-state index contributed by atoms with van der Waals surface area (Å²) in [6, 6.07) is 8.64. The highest BCUT2D eigenvalue weighted by Crippen LogP contribution is 2.17. The number of piperazine rings is 1. The van der Waals surface area contributed by atoms with Crippen LogP contribution in [0.3, 0.4) is 0 Å². The highest BCUT2D eigenvalue weighted by Gasteiger charge is 2.19. The van der Waals surface area contributed by atoms with Gasteiger partial charge in [0.2, 0.25) is 0 Å². The number of ether oxygens (including phenoxy) is 1. The minimum atomic E-state index is -0.379. The molecule has 1 saturated heterocycles. The van der Waals surface area contributed by atoms with E-state index in [4.69, 9.17) is 4.74 Å². The zero-order valence-corrected chi connectivity index (χ0v) is 11.9. The number of rotatable bonds is 5. The number of anilines is 1. The van der Waals surface area contributed by atoms with E-state index in [9.17, 15) is 5.11 Å². The Morgan fingerprint density at radius 1 is 1.26 bits per heavy atom. The first kappa shape index (κ1) is 14.3. The lowest BCUT2D eigenvalue weighted by Gasteiger charge is -2.37. The zero-order chi connectivity index (χ0) is 13.7. The maximum Gasteiger partial charge on any atom is 0.0900 e. The van der Waals surface area contributed by atoms with Gasteiger partial charge in [-0.1, -0.05) is 12.1 Å². The van der Waals surface area contributed by atoms with Gasteiger partial charge in [-0.15, -0.1) is 0 Å². The SMILES string of the molecule is COC[C@H](O)CN1CCN(c2cccc(C)c2)CC1. The summed E-state index contributed by atoms with van der Waals surface area (Å²) < 4.78 is 4.96. The summed E-state index contributed by atoms with van der Waals surface area (Å²) in [5.74, 6) is 0. The van der Waals surface area contributed by atoms with Crippen molar-refractivity contribution in [2.75, 3.05) is 51.3 Å². The molecule has 0 amide bonds. The quantitative estimate of drug-likeness (QED) is 0.865. The lowest BCUT2D eigenvalue weighted by Crippen LogP contribution is -2.49. The van der Waals surface area contributed by atoms with E-state index in [0.717, 1.165) is 26.2 Å². The second kappa shape index (κ2) is 6.89. The van der Waals surface area contributed by atoms with E-state index in [1.165, 1.54) is 11.3 Å². The van der Waals surface area contributed by atoms with Crippen LogP contribution in [0.2, 0.25) is 0 Å². The lowest BCUT2D eigenvalue weighted by molar-refractivity contribution is 0.0365. The molecule has 1 heterocycles. The van der Waals surface area contributed by atoms with E-state index in [2.05, 4.69) is 41.0 Å². The highest BCUT2D eigenvalue weighted by molar-refractivity contribution is 5.48. The summed E-state index contributed by atoms with van der Waals surface area (Å²) in [7, 11) is 1.62. The van der Waals surface area contributed by atoms with Crippen molar-refractivity contribution in [2.45, 2.75) is 13.0 Å². The average Bonchev–Trinajstić information content (AvgIpc) is 2.40. The van der Waals surface area contributed by atoms with Crippen LogP contribution < -0.4 is 4.90 Å². The molecule has 1 aliphatic rings. The summed E-state index contributed by atoms with van der Waals surface area (Å²) >= 11 is 0. The number of hydrogen-bond acceptors (Lipinski definition) is 4. The Morgan fingerprint density at radius 2 is 2.00 bits per heavy atom. The van der Waals surface area contributed by atoms with Gasteiger partial charge in [0.25, 0.3) is 0 Å². The van der Waals surface area contributed by atoms with Crippen LogP contribution in [0.5, 0.6) is 0 Å². The van der Waals surface area contributed by atoms with Crippen molar-refractivity contribution in [3.63, 3.8) is 0 Å². The predicted molar refractivity (Wildman–Crippen MR) is 77.7 cm³/mol. The molecule has 0 saturated carbocycles. The smallest absolute Gasteiger partial charge is 0.0900 e. The fourth-order valence-corrected chi connectivity index (χ4v) is 2.56. The summed E-state index contributed by atoms with van der Waals surface area (Å²) in [4.78, 5) is 4.71. The number of nitrogens with zero attached hydrogens (tertiary/aromatic N) is 2. The standard InChI is InChI=1S/C15H24N2O2/c1-13-4-3-5-14(10-13)17-8-6-16(7-9-17)11-15(18)12-19-2/h3-5,10,15,18H,6-9,11-12H2,1-2H3/t15-/m1/s1. The largest absolute Gasteiger partial charge is 0.389 e. The molecule has 4 heteroatoms. The van der Waals surface area contributed by atoms with Crippen molar-refractivity contribution in [1.82, 2.24) is 4.90 Å². The molecule has 1 aliphatic heterocycles. The van der Waals surface area contributed by atoms with Gasteiger partial charge in [-0.05, 0) is 24.6 Å². The van der Waals surface area contributed by atoms with Crippen molar-refractivity contribution in [2.24, 2.45) is 0 Å². The number of aliphatic hydroxyl groups excluding tert-OH is 1. The Morgan fingerprint density at radius 3 is 2.63 bits per heavy atom. The van der Waals surface area contributed by atoms with Crippen molar-refractivity contribution in [3.8, 4) is 0 Å². The first-order valence-electron chi connectivity index (χ1n) is 6.90. The van der Waals surface area contributed by atoms with Gasteiger partial charge in [0.15, 0.2) is 0 Å². The molecular formula is C15H24N2O2. The van der Waals surface area contributed by atoms with Gasteiger partial charge >= 0.3 is 0 Å². The van der Waals surface area contributed by atoms with E-state index in [1.807, 2.05) is 0 Å². The van der Waals surface area contributed by atoms with Gasteiger partial charge in [-0.2, -0.15) is 0 Å². The van der Waals surface area contributed by atoms with E-state index >= 15 is 0 Å². The molecule has 1 aromatic carbocycles. The summed E-state index contributed by atoms with van der Waals surface area (Å²) in [6.07, 6.45) is -0.379. The van der Waals surface area contributed by atoms with Crippen LogP contribution >= 0.6 is 0 Å². The normalized spacial score (nSPS) is 18.6. The minimum absolute atomic E-state index is 0.379.